The van der Waals surface area contributed by atoms with Gasteiger partial charge in [-0.1, -0.05) is 11.6 Å². The molecule has 0 heterocycles. The summed E-state index contributed by atoms with van der Waals surface area (Å²) in [5.41, 5.74) is 0.0861. The second-order valence-corrected chi connectivity index (χ2v) is 7.20. The molecule has 0 unspecified atom stereocenters. The maximum Gasteiger partial charge on any atom is 0.239 e. The van der Waals surface area contributed by atoms with Crippen LogP contribution in [-0.4, -0.2) is 51.0 Å². The number of hydrogen-bond donors (Lipinski definition) is 2. The Bertz CT molecular complexity index is 630. The number of nitrogens with zero attached hydrogens (tertiary/aromatic N) is 1. The standard InChI is InChI=1S/C18H28ClN3O3/c1-12-10-14(15(25-6)11-13(12)19)21-17(24)18(2,3)16(23)20-8-7-9-22(4)5/h10-11H,7-9H2,1-6H3,(H,20,23)(H,21,24). The summed E-state index contributed by atoms with van der Waals surface area (Å²) in [5.74, 6) is -0.266. The van der Waals surface area contributed by atoms with E-state index in [2.05, 4.69) is 10.6 Å². The van der Waals surface area contributed by atoms with Crippen LogP contribution in [0.25, 0.3) is 0 Å². The molecule has 0 spiro atoms. The number of carbonyl (C=O) groups excluding carboxylic acids is 2. The third-order valence-electron chi connectivity index (χ3n) is 3.93. The Morgan fingerprint density at radius 2 is 1.88 bits per heavy atom. The molecule has 0 aliphatic heterocycles. The van der Waals surface area contributed by atoms with Crippen molar-refractivity contribution in [2.24, 2.45) is 5.41 Å². The van der Waals surface area contributed by atoms with Crippen LogP contribution in [0.15, 0.2) is 12.1 Å². The van der Waals surface area contributed by atoms with Crippen LogP contribution in [0.3, 0.4) is 0 Å². The van der Waals surface area contributed by atoms with Crippen molar-refractivity contribution < 1.29 is 14.3 Å². The predicted octanol–water partition coefficient (Wildman–Crippen LogP) is 2.69. The molecule has 0 fully saturated rings. The van der Waals surface area contributed by atoms with E-state index >= 15 is 0 Å². The quantitative estimate of drug-likeness (QED) is 0.546. The van der Waals surface area contributed by atoms with Crippen LogP contribution in [-0.2, 0) is 9.59 Å². The van der Waals surface area contributed by atoms with Crippen LogP contribution in [0.4, 0.5) is 5.69 Å². The fraction of sp³-hybridized carbons (Fsp3) is 0.556. The van der Waals surface area contributed by atoms with Gasteiger partial charge in [-0.2, -0.15) is 0 Å². The minimum atomic E-state index is -1.21. The molecule has 6 nitrogen and oxygen atoms in total. The molecule has 140 valence electrons. The molecular weight excluding hydrogens is 342 g/mol. The summed E-state index contributed by atoms with van der Waals surface area (Å²) in [5, 5.41) is 6.13. The molecule has 0 radical (unpaired) electrons. The van der Waals surface area contributed by atoms with Gasteiger partial charge in [0, 0.05) is 17.6 Å². The van der Waals surface area contributed by atoms with Gasteiger partial charge in [-0.25, -0.2) is 0 Å². The van der Waals surface area contributed by atoms with Crippen LogP contribution < -0.4 is 15.4 Å². The molecule has 2 amide bonds. The number of amides is 2. The van der Waals surface area contributed by atoms with E-state index < -0.39 is 11.3 Å². The average Bonchev–Trinajstić information content (AvgIpc) is 2.54. The first-order chi connectivity index (χ1) is 11.6. The van der Waals surface area contributed by atoms with Gasteiger partial charge in [0.15, 0.2) is 0 Å². The molecule has 0 aromatic heterocycles. The Hall–Kier alpha value is -1.79. The molecular formula is C18H28ClN3O3. The van der Waals surface area contributed by atoms with Crippen molar-refractivity contribution in [1.82, 2.24) is 10.2 Å². The van der Waals surface area contributed by atoms with Crippen LogP contribution in [0.1, 0.15) is 25.8 Å². The molecule has 0 aliphatic carbocycles. The van der Waals surface area contributed by atoms with Gasteiger partial charge in [-0.05, 0) is 59.5 Å². The normalized spacial score (nSPS) is 11.4. The summed E-state index contributed by atoms with van der Waals surface area (Å²) < 4.78 is 5.25. The maximum atomic E-state index is 12.6. The van der Waals surface area contributed by atoms with Crippen LogP contribution in [0.5, 0.6) is 5.75 Å². The number of halogens is 1. The maximum absolute atomic E-state index is 12.6. The number of ether oxygens (including phenoxy) is 1. The van der Waals surface area contributed by atoms with Gasteiger partial charge in [0.05, 0.1) is 12.8 Å². The van der Waals surface area contributed by atoms with Crippen LogP contribution in [0.2, 0.25) is 5.02 Å². The summed E-state index contributed by atoms with van der Waals surface area (Å²) in [6.45, 7) is 6.42. The average molecular weight is 370 g/mol. The fourth-order valence-corrected chi connectivity index (χ4v) is 2.28. The van der Waals surface area contributed by atoms with Gasteiger partial charge in [-0.15, -0.1) is 0 Å². The molecule has 1 rings (SSSR count). The van der Waals surface area contributed by atoms with E-state index in [1.54, 1.807) is 26.0 Å². The zero-order valence-electron chi connectivity index (χ0n) is 15.8. The van der Waals surface area contributed by atoms with Gasteiger partial charge in [0.1, 0.15) is 11.2 Å². The molecule has 0 bridgehead atoms. The molecule has 2 N–H and O–H groups in total. The summed E-state index contributed by atoms with van der Waals surface area (Å²) in [7, 11) is 5.45. The number of anilines is 1. The van der Waals surface area contributed by atoms with E-state index in [0.29, 0.717) is 23.0 Å². The third kappa shape index (κ3) is 5.90. The molecule has 1 aromatic carbocycles. The highest BCUT2D eigenvalue weighted by atomic mass is 35.5. The Kier molecular flexibility index (Phi) is 7.70. The van der Waals surface area contributed by atoms with E-state index in [9.17, 15) is 9.59 Å². The molecule has 0 atom stereocenters. The van der Waals surface area contributed by atoms with E-state index in [0.717, 1.165) is 18.5 Å². The van der Waals surface area contributed by atoms with Crippen molar-refractivity contribution >= 4 is 29.1 Å². The van der Waals surface area contributed by atoms with Crippen molar-refractivity contribution in [2.45, 2.75) is 27.2 Å². The minimum Gasteiger partial charge on any atom is -0.495 e. The molecule has 7 heteroatoms. The highest BCUT2D eigenvalue weighted by molar-refractivity contribution is 6.31. The minimum absolute atomic E-state index is 0.312. The fourth-order valence-electron chi connectivity index (χ4n) is 2.13. The number of rotatable bonds is 8. The Morgan fingerprint density at radius 3 is 2.44 bits per heavy atom. The van der Waals surface area contributed by atoms with Crippen molar-refractivity contribution in [2.75, 3.05) is 39.6 Å². The third-order valence-corrected chi connectivity index (χ3v) is 4.34. The first-order valence-corrected chi connectivity index (χ1v) is 8.56. The summed E-state index contributed by atoms with van der Waals surface area (Å²) in [4.78, 5) is 27.0. The number of carbonyl (C=O) groups is 2. The largest absolute Gasteiger partial charge is 0.495 e. The molecule has 0 saturated carbocycles. The summed E-state index contributed by atoms with van der Waals surface area (Å²) in [6, 6.07) is 3.37. The van der Waals surface area contributed by atoms with Crippen molar-refractivity contribution in [1.29, 1.82) is 0 Å². The van der Waals surface area contributed by atoms with Crippen molar-refractivity contribution in [3.05, 3.63) is 22.7 Å². The Labute approximate surface area is 154 Å². The number of benzene rings is 1. The van der Waals surface area contributed by atoms with Crippen molar-refractivity contribution in [3.8, 4) is 5.75 Å². The van der Waals surface area contributed by atoms with E-state index in [1.807, 2.05) is 25.9 Å². The monoisotopic (exact) mass is 369 g/mol. The van der Waals surface area contributed by atoms with E-state index in [1.165, 1.54) is 7.11 Å². The second kappa shape index (κ2) is 9.06. The van der Waals surface area contributed by atoms with Crippen LogP contribution in [0, 0.1) is 12.3 Å². The first-order valence-electron chi connectivity index (χ1n) is 8.18. The van der Waals surface area contributed by atoms with Gasteiger partial charge >= 0.3 is 0 Å². The Balaban J connectivity index is 2.77. The van der Waals surface area contributed by atoms with Crippen LogP contribution >= 0.6 is 11.6 Å². The smallest absolute Gasteiger partial charge is 0.239 e. The number of aryl methyl sites for hydroxylation is 1. The molecule has 1 aromatic rings. The zero-order chi connectivity index (χ0) is 19.2. The lowest BCUT2D eigenvalue weighted by Crippen LogP contribution is -2.45. The molecule has 25 heavy (non-hydrogen) atoms. The lowest BCUT2D eigenvalue weighted by Gasteiger charge is -2.24. The van der Waals surface area contributed by atoms with E-state index in [-0.39, 0.29) is 5.91 Å². The lowest BCUT2D eigenvalue weighted by atomic mass is 9.90. The van der Waals surface area contributed by atoms with E-state index in [4.69, 9.17) is 16.3 Å². The topological polar surface area (TPSA) is 70.7 Å². The number of hydrogen-bond acceptors (Lipinski definition) is 4. The van der Waals surface area contributed by atoms with Gasteiger partial charge in [0.2, 0.25) is 11.8 Å². The number of nitrogens with one attached hydrogen (secondary N) is 2. The Morgan fingerprint density at radius 1 is 1.24 bits per heavy atom. The summed E-state index contributed by atoms with van der Waals surface area (Å²) in [6.07, 6.45) is 0.820. The van der Waals surface area contributed by atoms with Gasteiger partial charge < -0.3 is 20.3 Å². The molecule has 0 aliphatic rings. The lowest BCUT2D eigenvalue weighted by molar-refractivity contribution is -0.138. The highest BCUT2D eigenvalue weighted by Crippen LogP contribution is 2.32. The second-order valence-electron chi connectivity index (χ2n) is 6.79. The first kappa shape index (κ1) is 21.3. The SMILES string of the molecule is COc1cc(Cl)c(C)cc1NC(=O)C(C)(C)C(=O)NCCCN(C)C. The highest BCUT2D eigenvalue weighted by Gasteiger charge is 2.36. The summed E-state index contributed by atoms with van der Waals surface area (Å²) >= 11 is 6.07. The van der Waals surface area contributed by atoms with Gasteiger partial charge in [-0.3, -0.25) is 9.59 Å². The van der Waals surface area contributed by atoms with Crippen molar-refractivity contribution in [3.63, 3.8) is 0 Å². The molecule has 0 saturated heterocycles. The zero-order valence-corrected chi connectivity index (χ0v) is 16.6. The predicted molar refractivity (Wildman–Crippen MR) is 101 cm³/mol. The van der Waals surface area contributed by atoms with Gasteiger partial charge in [0.25, 0.3) is 0 Å². The number of methoxy groups -OCH3 is 1.